The average molecular weight is 480 g/mol. The molecule has 0 saturated heterocycles. The van der Waals surface area contributed by atoms with Gasteiger partial charge in [0.1, 0.15) is 15.9 Å². The van der Waals surface area contributed by atoms with Crippen LogP contribution in [0.2, 0.25) is 0 Å². The third-order valence-corrected chi connectivity index (χ3v) is 4.94. The van der Waals surface area contributed by atoms with Crippen molar-refractivity contribution in [2.45, 2.75) is 24.7 Å². The molecule has 0 aromatic heterocycles. The summed E-state index contributed by atoms with van der Waals surface area (Å²) in [6, 6.07) is 12.6. The van der Waals surface area contributed by atoms with Crippen LogP contribution in [0.3, 0.4) is 0 Å². The molecule has 2 aromatic rings. The van der Waals surface area contributed by atoms with E-state index in [1.165, 1.54) is 18.2 Å². The number of aryl methyl sites for hydroxylation is 1. The Morgan fingerprint density at radius 3 is 2.39 bits per heavy atom. The van der Waals surface area contributed by atoms with E-state index in [0.717, 1.165) is 5.56 Å². The Kier molecular flexibility index (Phi) is 15.1. The molecule has 28 heavy (non-hydrogen) atoms. The summed E-state index contributed by atoms with van der Waals surface area (Å²) in [5.74, 6) is -0.0560. The van der Waals surface area contributed by atoms with Gasteiger partial charge in [-0.1, -0.05) is 24.3 Å². The van der Waals surface area contributed by atoms with Crippen molar-refractivity contribution < 1.29 is 139 Å². The Labute approximate surface area is 248 Å². The maximum atomic E-state index is 13.6. The van der Waals surface area contributed by atoms with Crippen molar-refractivity contribution in [1.82, 2.24) is 0 Å². The van der Waals surface area contributed by atoms with E-state index in [2.05, 4.69) is 4.52 Å². The smallest absolute Gasteiger partial charge is 0.746 e. The van der Waals surface area contributed by atoms with E-state index < -0.39 is 29.6 Å². The molecular formula is C16H15FK2O7PS+. The summed E-state index contributed by atoms with van der Waals surface area (Å²) in [5, 5.41) is 0. The third kappa shape index (κ3) is 10.6. The molecule has 0 amide bonds. The van der Waals surface area contributed by atoms with Crippen molar-refractivity contribution >= 4 is 18.4 Å². The SMILES string of the molecule is O=[P+]([O-])OC(CCCc1cccc(Oc2ccccc2F)c1)S(=O)(=O)[O-].[K+].[K+]. The number of halogens is 1. The summed E-state index contributed by atoms with van der Waals surface area (Å²) in [7, 11) is -8.34. The Bertz CT molecular complexity index is 883. The van der Waals surface area contributed by atoms with Crippen LogP contribution in [0.5, 0.6) is 11.5 Å². The number of hydrogen-bond acceptors (Lipinski definition) is 7. The number of rotatable bonds is 9. The topological polar surface area (TPSA) is 116 Å². The van der Waals surface area contributed by atoms with Crippen molar-refractivity contribution in [2.24, 2.45) is 0 Å². The van der Waals surface area contributed by atoms with Gasteiger partial charge in [-0.05, 0) is 53.7 Å². The van der Waals surface area contributed by atoms with Gasteiger partial charge >= 0.3 is 111 Å². The Hall–Kier alpha value is 1.37. The summed E-state index contributed by atoms with van der Waals surface area (Å²) in [6.45, 7) is 0. The van der Waals surface area contributed by atoms with Crippen LogP contribution >= 0.6 is 8.25 Å². The molecular weight excluding hydrogens is 464 g/mol. The second kappa shape index (κ2) is 14.4. The number of hydrogen-bond donors (Lipinski definition) is 0. The van der Waals surface area contributed by atoms with Crippen molar-refractivity contribution in [3.63, 3.8) is 0 Å². The predicted octanol–water partition coefficient (Wildman–Crippen LogP) is -3.15. The zero-order valence-corrected chi connectivity index (χ0v) is 23.4. The molecule has 0 radical (unpaired) electrons. The van der Waals surface area contributed by atoms with Gasteiger partial charge < -0.3 is 14.2 Å². The van der Waals surface area contributed by atoms with Crippen molar-refractivity contribution in [3.8, 4) is 11.5 Å². The molecule has 7 nitrogen and oxygen atoms in total. The second-order valence-electron chi connectivity index (χ2n) is 5.32. The average Bonchev–Trinajstić information content (AvgIpc) is 2.55. The minimum absolute atomic E-state index is 0. The fourth-order valence-electron chi connectivity index (χ4n) is 2.24. The van der Waals surface area contributed by atoms with E-state index in [-0.39, 0.29) is 121 Å². The van der Waals surface area contributed by atoms with E-state index in [1.54, 1.807) is 30.3 Å². The van der Waals surface area contributed by atoms with Gasteiger partial charge in [0.15, 0.2) is 11.6 Å². The largest absolute Gasteiger partial charge is 1.00 e. The van der Waals surface area contributed by atoms with Crippen LogP contribution in [0.1, 0.15) is 18.4 Å². The molecule has 0 saturated carbocycles. The van der Waals surface area contributed by atoms with Gasteiger partial charge in [-0.3, -0.25) is 0 Å². The quantitative estimate of drug-likeness (QED) is 0.212. The molecule has 0 aliphatic heterocycles. The minimum atomic E-state index is -4.89. The molecule has 2 unspecified atom stereocenters. The van der Waals surface area contributed by atoms with Crippen LogP contribution in [0.25, 0.3) is 0 Å². The maximum absolute atomic E-state index is 13.6. The molecule has 0 N–H and O–H groups in total. The van der Waals surface area contributed by atoms with Crippen molar-refractivity contribution in [1.29, 1.82) is 0 Å². The molecule has 0 aliphatic carbocycles. The normalized spacial score (nSPS) is 12.3. The van der Waals surface area contributed by atoms with Crippen LogP contribution in [0, 0.1) is 5.82 Å². The Morgan fingerprint density at radius 2 is 1.79 bits per heavy atom. The van der Waals surface area contributed by atoms with Crippen LogP contribution in [0.4, 0.5) is 4.39 Å². The number of benzene rings is 2. The summed E-state index contributed by atoms with van der Waals surface area (Å²) in [6.07, 6.45) is 0.269. The minimum Gasteiger partial charge on any atom is -0.746 e. The molecule has 0 heterocycles. The van der Waals surface area contributed by atoms with Crippen LogP contribution in [-0.2, 0) is 25.6 Å². The monoisotopic (exact) mass is 479 g/mol. The van der Waals surface area contributed by atoms with E-state index in [4.69, 9.17) is 4.74 Å². The van der Waals surface area contributed by atoms with Gasteiger partial charge in [0.05, 0.1) is 0 Å². The van der Waals surface area contributed by atoms with Gasteiger partial charge in [-0.25, -0.2) is 12.8 Å². The number of ether oxygens (including phenoxy) is 1. The van der Waals surface area contributed by atoms with Crippen molar-refractivity contribution in [3.05, 3.63) is 59.9 Å². The summed E-state index contributed by atoms with van der Waals surface area (Å²) in [5.41, 5.74) is -1.20. The maximum Gasteiger partial charge on any atom is 1.00 e. The standard InChI is InChI=1S/C16H16FO7PS.2K/c17-14-8-1-2-9-15(14)23-13-7-3-5-12(11-13)6-4-10-16(24-25(18)19)26(20,21)22;;/h1-3,5,7-9,11,16H,4,6,10H2,(H,20,21,22);;/q;2*+1/p-1. The summed E-state index contributed by atoms with van der Waals surface area (Å²) in [4.78, 5) is 10.5. The zero-order chi connectivity index (χ0) is 19.2. The molecule has 0 aliphatic rings. The van der Waals surface area contributed by atoms with Gasteiger partial charge in [-0.2, -0.15) is 0 Å². The number of para-hydroxylation sites is 1. The predicted molar refractivity (Wildman–Crippen MR) is 88.0 cm³/mol. The Morgan fingerprint density at radius 1 is 1.11 bits per heavy atom. The molecule has 2 atom stereocenters. The molecule has 2 aromatic carbocycles. The molecule has 0 bridgehead atoms. The van der Waals surface area contributed by atoms with Gasteiger partial charge in [-0.15, -0.1) is 4.52 Å². The molecule has 12 heteroatoms. The van der Waals surface area contributed by atoms with Crippen LogP contribution < -0.4 is 112 Å². The van der Waals surface area contributed by atoms with Crippen molar-refractivity contribution in [2.75, 3.05) is 0 Å². The van der Waals surface area contributed by atoms with Crippen LogP contribution in [0.15, 0.2) is 48.5 Å². The molecule has 2 rings (SSSR count). The zero-order valence-electron chi connectivity index (χ0n) is 15.4. The van der Waals surface area contributed by atoms with Crippen LogP contribution in [-0.4, -0.2) is 18.4 Å². The van der Waals surface area contributed by atoms with Gasteiger partial charge in [0.2, 0.25) is 5.44 Å². The first kappa shape index (κ1) is 29.4. The van der Waals surface area contributed by atoms with E-state index in [9.17, 15) is 26.8 Å². The van der Waals surface area contributed by atoms with Gasteiger partial charge in [0.25, 0.3) is 0 Å². The first-order valence-electron chi connectivity index (χ1n) is 7.53. The Balaban J connectivity index is 0.00000364. The fourth-order valence-corrected chi connectivity index (χ4v) is 3.62. The third-order valence-electron chi connectivity index (χ3n) is 3.39. The summed E-state index contributed by atoms with van der Waals surface area (Å²) < 4.78 is 66.7. The fraction of sp³-hybridized carbons (Fsp3) is 0.250. The van der Waals surface area contributed by atoms with E-state index in [0.29, 0.717) is 12.2 Å². The van der Waals surface area contributed by atoms with E-state index in [1.807, 2.05) is 0 Å². The second-order valence-corrected chi connectivity index (χ2v) is 7.49. The van der Waals surface area contributed by atoms with E-state index >= 15 is 0 Å². The molecule has 0 spiro atoms. The molecule has 140 valence electrons. The molecule has 0 fully saturated rings. The first-order chi connectivity index (χ1) is 12.3. The van der Waals surface area contributed by atoms with Gasteiger partial charge in [0, 0.05) is 0 Å². The summed E-state index contributed by atoms with van der Waals surface area (Å²) >= 11 is 0. The first-order valence-corrected chi connectivity index (χ1v) is 10.1.